The number of halogens is 2. The monoisotopic (exact) mass is 571 g/mol. The zero-order valence-corrected chi connectivity index (χ0v) is 25.4. The van der Waals surface area contributed by atoms with Gasteiger partial charge >= 0.3 is 0 Å². The molecule has 1 amide bonds. The van der Waals surface area contributed by atoms with Gasteiger partial charge in [0.15, 0.2) is 0 Å². The summed E-state index contributed by atoms with van der Waals surface area (Å²) in [6.45, 7) is 14.8. The van der Waals surface area contributed by atoms with E-state index in [-0.39, 0.29) is 18.3 Å². The first-order chi connectivity index (χ1) is 19.2. The summed E-state index contributed by atoms with van der Waals surface area (Å²) >= 11 is 4.64. The lowest BCUT2D eigenvalue weighted by Crippen LogP contribution is -2.44. The second-order valence-corrected chi connectivity index (χ2v) is 9.96. The summed E-state index contributed by atoms with van der Waals surface area (Å²) in [6, 6.07) is 9.21. The molecule has 0 bridgehead atoms. The molecule has 0 unspecified atom stereocenters. The van der Waals surface area contributed by atoms with Crippen LogP contribution in [0.1, 0.15) is 36.2 Å². The minimum atomic E-state index is -0.218. The largest absolute Gasteiger partial charge is 0.356 e. The number of hydrogen-bond donors (Lipinski definition) is 2. The molecule has 2 N–H and O–H groups in total. The van der Waals surface area contributed by atoms with E-state index in [0.717, 1.165) is 58.5 Å². The van der Waals surface area contributed by atoms with Crippen LogP contribution in [0.25, 0.3) is 10.9 Å². The number of benzene rings is 2. The Morgan fingerprint density at radius 1 is 1.12 bits per heavy atom. The molecule has 1 aromatic heterocycles. The highest BCUT2D eigenvalue weighted by Crippen LogP contribution is 2.30. The third kappa shape index (κ3) is 7.33. The molecule has 0 spiro atoms. The van der Waals surface area contributed by atoms with Crippen LogP contribution in [-0.4, -0.2) is 71.9 Å². The predicted molar refractivity (Wildman–Crippen MR) is 163 cm³/mol. The maximum absolute atomic E-state index is 13.8. The van der Waals surface area contributed by atoms with Crippen LogP contribution in [0.2, 0.25) is 0 Å². The van der Waals surface area contributed by atoms with Gasteiger partial charge in [0.05, 0.1) is 18.6 Å². The van der Waals surface area contributed by atoms with Gasteiger partial charge in [-0.25, -0.2) is 9.40 Å². The predicted octanol–water partition coefficient (Wildman–Crippen LogP) is 4.35. The molecular formula is C30H43ClFN7O. The Morgan fingerprint density at radius 2 is 1.85 bits per heavy atom. The van der Waals surface area contributed by atoms with Crippen LogP contribution in [0.5, 0.6) is 0 Å². The molecule has 40 heavy (non-hydrogen) atoms. The Bertz CT molecular complexity index is 1330. The fourth-order valence-corrected chi connectivity index (χ4v) is 5.16. The lowest BCUT2D eigenvalue weighted by atomic mass is 10.1. The van der Waals surface area contributed by atoms with Crippen LogP contribution in [0.15, 0.2) is 42.6 Å². The van der Waals surface area contributed by atoms with E-state index in [9.17, 15) is 9.18 Å². The van der Waals surface area contributed by atoms with Crippen LogP contribution in [0, 0.1) is 12.7 Å². The molecule has 4 rings (SSSR count). The summed E-state index contributed by atoms with van der Waals surface area (Å²) in [6.07, 6.45) is 2.37. The Balaban J connectivity index is 0.00000216. The van der Waals surface area contributed by atoms with Crippen LogP contribution in [-0.2, 0) is 31.4 Å². The van der Waals surface area contributed by atoms with E-state index in [1.165, 1.54) is 18.1 Å². The number of carbonyl (C=O) groups excluding carboxylic acids is 1. The molecule has 218 valence electrons. The Kier molecular flexibility index (Phi) is 11.4. The normalized spacial score (nSPS) is 12.6. The zero-order valence-electron chi connectivity index (χ0n) is 24.7. The highest BCUT2D eigenvalue weighted by Gasteiger charge is 2.25. The molecule has 0 saturated heterocycles. The molecule has 10 heteroatoms. The summed E-state index contributed by atoms with van der Waals surface area (Å²) in [5.41, 5.74) is 7.10. The van der Waals surface area contributed by atoms with E-state index in [1.807, 2.05) is 36.8 Å². The van der Waals surface area contributed by atoms with E-state index in [1.54, 1.807) is 6.07 Å². The highest BCUT2D eigenvalue weighted by molar-refractivity contribution is 6.15. The third-order valence-corrected chi connectivity index (χ3v) is 7.29. The fourth-order valence-electron chi connectivity index (χ4n) is 5.16. The van der Waals surface area contributed by atoms with Crippen LogP contribution >= 0.6 is 11.6 Å². The van der Waals surface area contributed by atoms with Gasteiger partial charge in [0, 0.05) is 69.1 Å². The van der Waals surface area contributed by atoms with Gasteiger partial charge in [0.1, 0.15) is 5.82 Å². The number of anilines is 1. The van der Waals surface area contributed by atoms with Crippen molar-refractivity contribution in [1.29, 1.82) is 0 Å². The number of likely N-dealkylation sites (N-methyl/N-ethyl adjacent to an activating group) is 2. The maximum atomic E-state index is 13.8. The Hall–Kier alpha value is -3.14. The molecule has 2 heterocycles. The average Bonchev–Trinajstić information content (AvgIpc) is 3.49. The minimum Gasteiger partial charge on any atom is -0.356 e. The number of hydrogen-bond acceptors (Lipinski definition) is 6. The Labute approximate surface area is 242 Å². The zero-order chi connectivity index (χ0) is 29.4. The van der Waals surface area contributed by atoms with Crippen LogP contribution in [0.4, 0.5) is 10.1 Å². The lowest BCUT2D eigenvalue weighted by molar-refractivity contribution is -0.119. The van der Waals surface area contributed by atoms with Gasteiger partial charge in [-0.3, -0.25) is 9.48 Å². The number of fused-ring (bicyclic) bond motifs is 2. The number of aromatic nitrogens is 2. The average molecular weight is 572 g/mol. The molecule has 3 aromatic rings. The molecule has 1 aliphatic heterocycles. The molecule has 0 radical (unpaired) electrons. The van der Waals surface area contributed by atoms with Gasteiger partial charge in [0.2, 0.25) is 5.91 Å². The van der Waals surface area contributed by atoms with Crippen molar-refractivity contribution < 1.29 is 9.18 Å². The first kappa shape index (κ1) is 31.4. The number of nitrogens with one attached hydrogen (secondary N) is 2. The topological polar surface area (TPSA) is 68.7 Å². The number of nitrogens with zero attached hydrogens (tertiary/aromatic N) is 5. The van der Waals surface area contributed by atoms with Crippen LogP contribution in [0.3, 0.4) is 0 Å². The molecule has 2 aromatic carbocycles. The van der Waals surface area contributed by atoms with Gasteiger partial charge in [-0.1, -0.05) is 26.5 Å². The summed E-state index contributed by atoms with van der Waals surface area (Å²) < 4.78 is 15.7. The quantitative estimate of drug-likeness (QED) is 0.249. The van der Waals surface area contributed by atoms with Crippen molar-refractivity contribution in [3.05, 3.63) is 70.8 Å². The molecule has 1 aliphatic rings. The van der Waals surface area contributed by atoms with Crippen molar-refractivity contribution in [2.75, 3.05) is 51.1 Å². The number of hydrazine groups is 1. The smallest absolute Gasteiger partial charge is 0.239 e. The molecular weight excluding hydrogens is 529 g/mol. The summed E-state index contributed by atoms with van der Waals surface area (Å²) in [5.74, 6) is -0.262. The number of alkyl halides is 1. The van der Waals surface area contributed by atoms with E-state index in [4.69, 9.17) is 5.10 Å². The van der Waals surface area contributed by atoms with Gasteiger partial charge in [0.25, 0.3) is 0 Å². The van der Waals surface area contributed by atoms with Crippen molar-refractivity contribution in [2.45, 2.75) is 40.3 Å². The second kappa shape index (κ2) is 14.5. The molecule has 0 aliphatic carbocycles. The standard InChI is InChI=1S/C29H40FN7O.CH3Cl/c1-7-27-25-13-20(3)28(15-26(25)33-34(27)5)36(19-29(38)32-12-11-31-8-2)16-21(4)35(6)37-17-22-9-10-24(30)14-23(22)18-37;1-2/h9-10,13-15,31H,4,7-8,11-12,16-19H2,1-3,5-6H3,(H,32,38);1H3. The highest BCUT2D eigenvalue weighted by atomic mass is 35.5. The van der Waals surface area contributed by atoms with E-state index in [0.29, 0.717) is 26.2 Å². The molecule has 0 fully saturated rings. The number of carbonyl (C=O) groups is 1. The number of aryl methyl sites for hydroxylation is 3. The summed E-state index contributed by atoms with van der Waals surface area (Å²) in [7, 11) is 3.95. The van der Waals surface area contributed by atoms with Gasteiger partial charge in [-0.15, -0.1) is 11.6 Å². The summed E-state index contributed by atoms with van der Waals surface area (Å²) in [4.78, 5) is 15.0. The van der Waals surface area contributed by atoms with Crippen molar-refractivity contribution in [3.8, 4) is 0 Å². The van der Waals surface area contributed by atoms with E-state index in [2.05, 4.69) is 64.7 Å². The fraction of sp³-hybridized carbons (Fsp3) is 0.467. The van der Waals surface area contributed by atoms with Crippen LogP contribution < -0.4 is 15.5 Å². The van der Waals surface area contributed by atoms with Crippen molar-refractivity contribution in [2.24, 2.45) is 7.05 Å². The maximum Gasteiger partial charge on any atom is 0.239 e. The first-order valence-electron chi connectivity index (χ1n) is 13.7. The van der Waals surface area contributed by atoms with Crippen molar-refractivity contribution in [1.82, 2.24) is 30.4 Å². The SMILES string of the molecule is C=C(CN(CC(=O)NCCNCC)c1cc2nn(C)c(CC)c2cc1C)N(C)N1Cc2ccc(F)cc2C1.CCl. The lowest BCUT2D eigenvalue weighted by Gasteiger charge is -2.35. The van der Waals surface area contributed by atoms with Crippen molar-refractivity contribution >= 4 is 34.1 Å². The number of rotatable bonds is 12. The molecule has 0 saturated carbocycles. The van der Waals surface area contributed by atoms with Gasteiger partial charge < -0.3 is 20.5 Å². The minimum absolute atomic E-state index is 0.0443. The van der Waals surface area contributed by atoms with Crippen molar-refractivity contribution in [3.63, 3.8) is 0 Å². The van der Waals surface area contributed by atoms with E-state index >= 15 is 0 Å². The number of amides is 1. The second-order valence-electron chi connectivity index (χ2n) is 9.96. The van der Waals surface area contributed by atoms with Gasteiger partial charge in [-0.05, 0) is 60.8 Å². The third-order valence-electron chi connectivity index (χ3n) is 7.29. The molecule has 0 atom stereocenters. The van der Waals surface area contributed by atoms with E-state index < -0.39 is 0 Å². The van der Waals surface area contributed by atoms with Gasteiger partial charge in [-0.2, -0.15) is 5.10 Å². The first-order valence-corrected chi connectivity index (χ1v) is 14.5. The molecule has 8 nitrogen and oxygen atoms in total. The Morgan fingerprint density at radius 3 is 2.55 bits per heavy atom. The summed E-state index contributed by atoms with van der Waals surface area (Å²) in [5, 5.41) is 16.3.